The molecular weight excluding hydrogens is 455 g/mol. The molecule has 0 fully saturated rings. The highest BCUT2D eigenvalue weighted by Crippen LogP contribution is 2.46. The summed E-state index contributed by atoms with van der Waals surface area (Å²) in [6.07, 6.45) is 2.85. The third-order valence-corrected chi connectivity index (χ3v) is 5.95. The van der Waals surface area contributed by atoms with E-state index in [2.05, 4.69) is 0 Å². The largest absolute Gasteiger partial charge is 0.496 e. The molecule has 0 heterocycles. The van der Waals surface area contributed by atoms with Gasteiger partial charge in [0, 0.05) is 17.2 Å². The molecule has 2 aromatic carbocycles. The van der Waals surface area contributed by atoms with Crippen molar-refractivity contribution in [1.82, 2.24) is 0 Å². The number of hydrogen-bond acceptors (Lipinski definition) is 6. The van der Waals surface area contributed by atoms with Crippen LogP contribution in [-0.2, 0) is 6.42 Å². The number of benzene rings is 2. The normalized spacial score (nSPS) is 10.4. The highest BCUT2D eigenvalue weighted by atomic mass is 35.5. The first-order valence-corrected chi connectivity index (χ1v) is 10.4. The molecule has 32 heavy (non-hydrogen) atoms. The molecule has 0 atom stereocenters. The standard InChI is InChI=1S/C24H26Cl2O6/c1-12(2)8-9-14-16(29-4)10-17(30-5)15(11-27)18(14)22(28)19-23(31-6)20(25)13(3)21(26)24(19)32-7/h8,10-11H,9H2,1-7H3. The van der Waals surface area contributed by atoms with Crippen LogP contribution in [0.1, 0.15) is 51.3 Å². The van der Waals surface area contributed by atoms with Crippen LogP contribution in [0, 0.1) is 6.92 Å². The Morgan fingerprint density at radius 3 is 1.84 bits per heavy atom. The second kappa shape index (κ2) is 10.7. The molecule has 172 valence electrons. The number of allylic oxidation sites excluding steroid dienone is 2. The van der Waals surface area contributed by atoms with Crippen molar-refractivity contribution in [3.8, 4) is 23.0 Å². The van der Waals surface area contributed by atoms with Gasteiger partial charge in [-0.15, -0.1) is 0 Å². The van der Waals surface area contributed by atoms with Gasteiger partial charge in [0.25, 0.3) is 0 Å². The molecule has 0 bridgehead atoms. The van der Waals surface area contributed by atoms with Crippen molar-refractivity contribution in [3.63, 3.8) is 0 Å². The fourth-order valence-electron chi connectivity index (χ4n) is 3.40. The lowest BCUT2D eigenvalue weighted by Gasteiger charge is -2.21. The van der Waals surface area contributed by atoms with Crippen LogP contribution < -0.4 is 18.9 Å². The van der Waals surface area contributed by atoms with Crippen molar-refractivity contribution < 1.29 is 28.5 Å². The van der Waals surface area contributed by atoms with Crippen LogP contribution in [0.3, 0.4) is 0 Å². The summed E-state index contributed by atoms with van der Waals surface area (Å²) in [6.45, 7) is 5.56. The third kappa shape index (κ3) is 4.57. The van der Waals surface area contributed by atoms with Crippen LogP contribution in [0.15, 0.2) is 17.7 Å². The maximum Gasteiger partial charge on any atom is 0.201 e. The Morgan fingerprint density at radius 2 is 1.44 bits per heavy atom. The van der Waals surface area contributed by atoms with E-state index >= 15 is 0 Å². The summed E-state index contributed by atoms with van der Waals surface area (Å²) in [5, 5.41) is 0.352. The summed E-state index contributed by atoms with van der Waals surface area (Å²) in [6, 6.07) is 1.58. The topological polar surface area (TPSA) is 71.1 Å². The average Bonchev–Trinajstić information content (AvgIpc) is 2.79. The number of methoxy groups -OCH3 is 4. The van der Waals surface area contributed by atoms with E-state index in [-0.39, 0.29) is 44.0 Å². The van der Waals surface area contributed by atoms with E-state index in [9.17, 15) is 9.59 Å². The Bertz CT molecular complexity index is 1050. The summed E-state index contributed by atoms with van der Waals surface area (Å²) in [7, 11) is 5.67. The zero-order valence-electron chi connectivity index (χ0n) is 19.1. The zero-order chi connectivity index (χ0) is 24.2. The van der Waals surface area contributed by atoms with E-state index in [1.807, 2.05) is 19.9 Å². The van der Waals surface area contributed by atoms with Crippen LogP contribution >= 0.6 is 23.2 Å². The van der Waals surface area contributed by atoms with E-state index in [4.69, 9.17) is 42.1 Å². The summed E-state index contributed by atoms with van der Waals surface area (Å²) in [4.78, 5) is 26.2. The summed E-state index contributed by atoms with van der Waals surface area (Å²) in [5.41, 5.74) is 2.23. The van der Waals surface area contributed by atoms with Crippen LogP contribution in [0.2, 0.25) is 10.0 Å². The molecule has 0 amide bonds. The Morgan fingerprint density at radius 1 is 0.906 bits per heavy atom. The maximum absolute atomic E-state index is 14.0. The number of halogens is 2. The first-order chi connectivity index (χ1) is 15.2. The zero-order valence-corrected chi connectivity index (χ0v) is 20.7. The minimum atomic E-state index is -0.557. The number of rotatable bonds is 9. The van der Waals surface area contributed by atoms with Gasteiger partial charge < -0.3 is 18.9 Å². The smallest absolute Gasteiger partial charge is 0.201 e. The molecule has 0 spiro atoms. The maximum atomic E-state index is 14.0. The van der Waals surface area contributed by atoms with E-state index in [1.54, 1.807) is 13.0 Å². The second-order valence-corrected chi connectivity index (χ2v) is 7.93. The van der Waals surface area contributed by atoms with Gasteiger partial charge in [-0.1, -0.05) is 34.9 Å². The molecule has 0 saturated carbocycles. The Hall–Kier alpha value is -2.70. The molecule has 0 saturated heterocycles. The molecule has 0 aliphatic rings. The Kier molecular flexibility index (Phi) is 8.58. The van der Waals surface area contributed by atoms with Gasteiger partial charge in [-0.25, -0.2) is 0 Å². The predicted molar refractivity (Wildman–Crippen MR) is 126 cm³/mol. The number of ether oxygens (including phenoxy) is 4. The van der Waals surface area contributed by atoms with Crippen molar-refractivity contribution in [2.45, 2.75) is 27.2 Å². The van der Waals surface area contributed by atoms with E-state index < -0.39 is 5.78 Å². The van der Waals surface area contributed by atoms with Gasteiger partial charge in [0.2, 0.25) is 5.78 Å². The first-order valence-electron chi connectivity index (χ1n) is 9.68. The molecule has 0 N–H and O–H groups in total. The van der Waals surface area contributed by atoms with Crippen molar-refractivity contribution in [2.24, 2.45) is 0 Å². The molecule has 0 aliphatic carbocycles. The van der Waals surface area contributed by atoms with Crippen molar-refractivity contribution in [1.29, 1.82) is 0 Å². The highest BCUT2D eigenvalue weighted by Gasteiger charge is 2.32. The lowest BCUT2D eigenvalue weighted by atomic mass is 9.89. The molecule has 6 nitrogen and oxygen atoms in total. The fourth-order valence-corrected chi connectivity index (χ4v) is 3.98. The second-order valence-electron chi connectivity index (χ2n) is 7.18. The lowest BCUT2D eigenvalue weighted by molar-refractivity contribution is 0.102. The molecule has 2 rings (SSSR count). The molecule has 0 aromatic heterocycles. The van der Waals surface area contributed by atoms with Gasteiger partial charge in [-0.3, -0.25) is 9.59 Å². The first kappa shape index (κ1) is 25.6. The fraction of sp³-hybridized carbons (Fsp3) is 0.333. The minimum absolute atomic E-state index is 0.00690. The van der Waals surface area contributed by atoms with Crippen LogP contribution in [0.5, 0.6) is 23.0 Å². The monoisotopic (exact) mass is 480 g/mol. The summed E-state index contributed by atoms with van der Waals surface area (Å²) < 4.78 is 21.8. The highest BCUT2D eigenvalue weighted by molar-refractivity contribution is 6.39. The number of carbonyl (C=O) groups is 2. The van der Waals surface area contributed by atoms with Gasteiger partial charge in [0.15, 0.2) is 17.8 Å². The molecular formula is C24H26Cl2O6. The van der Waals surface area contributed by atoms with Crippen molar-refractivity contribution in [2.75, 3.05) is 28.4 Å². The number of aldehydes is 1. The minimum Gasteiger partial charge on any atom is -0.496 e. The van der Waals surface area contributed by atoms with Crippen LogP contribution in [-0.4, -0.2) is 40.5 Å². The van der Waals surface area contributed by atoms with Gasteiger partial charge in [0.1, 0.15) is 17.1 Å². The van der Waals surface area contributed by atoms with Gasteiger partial charge >= 0.3 is 0 Å². The average molecular weight is 481 g/mol. The molecule has 0 radical (unpaired) electrons. The van der Waals surface area contributed by atoms with Gasteiger partial charge in [-0.05, 0) is 32.8 Å². The quantitative estimate of drug-likeness (QED) is 0.253. The summed E-state index contributed by atoms with van der Waals surface area (Å²) >= 11 is 12.9. The molecule has 0 unspecified atom stereocenters. The third-order valence-electron chi connectivity index (χ3n) is 5.04. The van der Waals surface area contributed by atoms with E-state index in [0.717, 1.165) is 5.57 Å². The number of ketones is 1. The number of carbonyl (C=O) groups excluding carboxylic acids is 2. The van der Waals surface area contributed by atoms with E-state index in [1.165, 1.54) is 28.4 Å². The SMILES string of the molecule is COc1cc(OC)c(CC=C(C)C)c(C(=O)c2c(OC)c(Cl)c(C)c(Cl)c2OC)c1C=O. The van der Waals surface area contributed by atoms with Crippen LogP contribution in [0.4, 0.5) is 0 Å². The Labute approximate surface area is 198 Å². The molecule has 8 heteroatoms. The Balaban J connectivity index is 3.04. The van der Waals surface area contributed by atoms with E-state index in [0.29, 0.717) is 29.6 Å². The van der Waals surface area contributed by atoms with Crippen molar-refractivity contribution >= 4 is 35.3 Å². The lowest BCUT2D eigenvalue weighted by Crippen LogP contribution is -2.15. The van der Waals surface area contributed by atoms with Gasteiger partial charge in [0.05, 0.1) is 44.0 Å². The molecule has 2 aromatic rings. The van der Waals surface area contributed by atoms with Crippen molar-refractivity contribution in [3.05, 3.63) is 55.6 Å². The number of hydrogen-bond donors (Lipinski definition) is 0. The molecule has 0 aliphatic heterocycles. The predicted octanol–water partition coefficient (Wildman–Crippen LogP) is 5.89. The van der Waals surface area contributed by atoms with Crippen LogP contribution in [0.25, 0.3) is 0 Å². The van der Waals surface area contributed by atoms with Gasteiger partial charge in [-0.2, -0.15) is 0 Å². The summed E-state index contributed by atoms with van der Waals surface area (Å²) in [5.74, 6) is 0.238.